The van der Waals surface area contributed by atoms with E-state index in [0.29, 0.717) is 16.3 Å². The van der Waals surface area contributed by atoms with Crippen molar-refractivity contribution in [1.29, 1.82) is 0 Å². The first-order chi connectivity index (χ1) is 15.3. The summed E-state index contributed by atoms with van der Waals surface area (Å²) in [6.45, 7) is 2.89. The number of thioether (sulfide) groups is 1. The molecular weight excluding hydrogens is 468 g/mol. The molecule has 0 fully saturated rings. The van der Waals surface area contributed by atoms with Crippen molar-refractivity contribution in [2.75, 3.05) is 14.1 Å². The summed E-state index contributed by atoms with van der Waals surface area (Å²) in [5, 5.41) is 9.65. The lowest BCUT2D eigenvalue weighted by molar-refractivity contribution is 0.521. The number of sulfonamides is 1. The first kappa shape index (κ1) is 22.8. The molecule has 2 heterocycles. The van der Waals surface area contributed by atoms with Gasteiger partial charge in [0, 0.05) is 25.7 Å². The number of nitrogens with zero attached hydrogens (tertiary/aromatic N) is 6. The molecule has 2 aromatic heterocycles. The molecule has 0 N–H and O–H groups in total. The third-order valence-electron chi connectivity index (χ3n) is 4.96. The van der Waals surface area contributed by atoms with Gasteiger partial charge < -0.3 is 4.57 Å². The summed E-state index contributed by atoms with van der Waals surface area (Å²) in [5.41, 5.74) is 2.45. The molecule has 8 nitrogen and oxygen atoms in total. The lowest BCUT2D eigenvalue weighted by atomic mass is 10.3. The fourth-order valence-electron chi connectivity index (χ4n) is 3.37. The average molecular weight is 491 g/mol. The monoisotopic (exact) mass is 490 g/mol. The summed E-state index contributed by atoms with van der Waals surface area (Å²) in [6, 6.07) is 12.6. The SMILES string of the molecule is CCCn1c(CSc2nncn2-c2cccc(Cl)c2)nc2cc(S(=O)(=O)N(C)C)ccc21. The number of imidazole rings is 1. The van der Waals surface area contributed by atoms with Crippen LogP contribution in [0.5, 0.6) is 0 Å². The number of hydrogen-bond donors (Lipinski definition) is 0. The molecule has 11 heteroatoms. The summed E-state index contributed by atoms with van der Waals surface area (Å²) in [5.74, 6) is 1.41. The van der Waals surface area contributed by atoms with E-state index in [9.17, 15) is 8.42 Å². The number of aromatic nitrogens is 5. The second kappa shape index (κ2) is 9.22. The molecule has 32 heavy (non-hydrogen) atoms. The van der Waals surface area contributed by atoms with Crippen molar-refractivity contribution in [3.05, 3.63) is 59.6 Å². The molecule has 168 valence electrons. The molecule has 0 saturated carbocycles. The number of halogens is 1. The van der Waals surface area contributed by atoms with Crippen LogP contribution in [0.4, 0.5) is 0 Å². The molecule has 0 unspecified atom stereocenters. The highest BCUT2D eigenvalue weighted by atomic mass is 35.5. The molecule has 0 spiro atoms. The summed E-state index contributed by atoms with van der Waals surface area (Å²) in [7, 11) is -0.483. The molecular formula is C21H23ClN6O2S2. The molecule has 0 amide bonds. The molecule has 0 saturated heterocycles. The predicted octanol–water partition coefficient (Wildman–Crippen LogP) is 4.22. The van der Waals surface area contributed by atoms with Crippen molar-refractivity contribution in [2.45, 2.75) is 35.7 Å². The van der Waals surface area contributed by atoms with E-state index in [-0.39, 0.29) is 4.90 Å². The van der Waals surface area contributed by atoms with E-state index < -0.39 is 10.0 Å². The maximum Gasteiger partial charge on any atom is 0.242 e. The van der Waals surface area contributed by atoms with E-state index in [0.717, 1.165) is 35.2 Å². The van der Waals surface area contributed by atoms with Gasteiger partial charge >= 0.3 is 0 Å². The third kappa shape index (κ3) is 4.40. The first-order valence-electron chi connectivity index (χ1n) is 10.0. The fourth-order valence-corrected chi connectivity index (χ4v) is 5.35. The van der Waals surface area contributed by atoms with Crippen LogP contribution in [0.3, 0.4) is 0 Å². The van der Waals surface area contributed by atoms with Gasteiger partial charge in [-0.05, 0) is 42.8 Å². The Kier molecular flexibility index (Phi) is 6.57. The van der Waals surface area contributed by atoms with Gasteiger partial charge in [0.1, 0.15) is 12.2 Å². The lowest BCUT2D eigenvalue weighted by Crippen LogP contribution is -2.22. The fraction of sp³-hybridized carbons (Fsp3) is 0.286. The number of hydrogen-bond acceptors (Lipinski definition) is 6. The number of aryl methyl sites for hydroxylation is 1. The van der Waals surface area contributed by atoms with Crippen molar-refractivity contribution < 1.29 is 8.42 Å². The van der Waals surface area contributed by atoms with Crippen LogP contribution in [-0.4, -0.2) is 51.1 Å². The number of rotatable bonds is 8. The van der Waals surface area contributed by atoms with Gasteiger partial charge in [0.05, 0.1) is 27.4 Å². The summed E-state index contributed by atoms with van der Waals surface area (Å²) in [6.07, 6.45) is 2.58. The van der Waals surface area contributed by atoms with E-state index in [1.807, 2.05) is 34.9 Å². The van der Waals surface area contributed by atoms with Crippen LogP contribution in [0.1, 0.15) is 19.2 Å². The van der Waals surface area contributed by atoms with Crippen LogP contribution in [0.15, 0.2) is 58.8 Å². The quantitative estimate of drug-likeness (QED) is 0.344. The summed E-state index contributed by atoms with van der Waals surface area (Å²) in [4.78, 5) is 4.99. The Balaban J connectivity index is 1.66. The van der Waals surface area contributed by atoms with E-state index >= 15 is 0 Å². The van der Waals surface area contributed by atoms with Crippen molar-refractivity contribution in [2.24, 2.45) is 0 Å². The zero-order valence-electron chi connectivity index (χ0n) is 17.9. The van der Waals surface area contributed by atoms with Crippen LogP contribution in [0, 0.1) is 0 Å². The van der Waals surface area contributed by atoms with Gasteiger partial charge in [-0.1, -0.05) is 36.4 Å². The third-order valence-corrected chi connectivity index (χ3v) is 7.94. The van der Waals surface area contributed by atoms with Gasteiger partial charge in [0.15, 0.2) is 5.16 Å². The van der Waals surface area contributed by atoms with Gasteiger partial charge in [-0.3, -0.25) is 4.57 Å². The zero-order valence-corrected chi connectivity index (χ0v) is 20.3. The summed E-state index contributed by atoms with van der Waals surface area (Å²) < 4.78 is 30.3. The smallest absolute Gasteiger partial charge is 0.242 e. The minimum atomic E-state index is -3.53. The second-order valence-corrected chi connectivity index (χ2v) is 10.9. The highest BCUT2D eigenvalue weighted by molar-refractivity contribution is 7.98. The van der Waals surface area contributed by atoms with E-state index in [1.165, 1.54) is 30.2 Å². The van der Waals surface area contributed by atoms with Gasteiger partial charge in [0.25, 0.3) is 0 Å². The predicted molar refractivity (Wildman–Crippen MR) is 127 cm³/mol. The van der Waals surface area contributed by atoms with Gasteiger partial charge in [-0.2, -0.15) is 0 Å². The highest BCUT2D eigenvalue weighted by Gasteiger charge is 2.20. The Morgan fingerprint density at radius 3 is 2.69 bits per heavy atom. The molecule has 0 radical (unpaired) electrons. The molecule has 0 aliphatic carbocycles. The molecule has 4 aromatic rings. The molecule has 0 aliphatic rings. The standard InChI is InChI=1S/C21H23ClN6O2S2/c1-4-10-27-19-9-8-17(32(29,30)26(2)3)12-18(19)24-20(27)13-31-21-25-23-14-28(21)16-7-5-6-15(22)11-16/h5-9,11-12,14H,4,10,13H2,1-3H3. The van der Waals surface area contributed by atoms with Gasteiger partial charge in [-0.15, -0.1) is 10.2 Å². The van der Waals surface area contributed by atoms with Crippen molar-refractivity contribution in [1.82, 2.24) is 28.6 Å². The number of fused-ring (bicyclic) bond motifs is 1. The van der Waals surface area contributed by atoms with Crippen LogP contribution in [0.25, 0.3) is 16.7 Å². The zero-order chi connectivity index (χ0) is 22.9. The summed E-state index contributed by atoms with van der Waals surface area (Å²) >= 11 is 7.65. The Hall–Kier alpha value is -2.40. The van der Waals surface area contributed by atoms with E-state index in [2.05, 4.69) is 21.7 Å². The van der Waals surface area contributed by atoms with Crippen molar-refractivity contribution >= 4 is 44.4 Å². The molecule has 0 bridgehead atoms. The highest BCUT2D eigenvalue weighted by Crippen LogP contribution is 2.28. The number of benzene rings is 2. The maximum atomic E-state index is 12.5. The van der Waals surface area contributed by atoms with Gasteiger partial charge in [0.2, 0.25) is 10.0 Å². The minimum absolute atomic E-state index is 0.232. The Morgan fingerprint density at radius 2 is 1.97 bits per heavy atom. The van der Waals surface area contributed by atoms with Crippen LogP contribution in [-0.2, 0) is 22.3 Å². The van der Waals surface area contributed by atoms with Crippen molar-refractivity contribution in [3.63, 3.8) is 0 Å². The molecule has 0 aliphatic heterocycles. The molecule has 0 atom stereocenters. The maximum absolute atomic E-state index is 12.5. The molecule has 4 rings (SSSR count). The van der Waals surface area contributed by atoms with E-state index in [1.54, 1.807) is 18.5 Å². The molecule has 2 aromatic carbocycles. The van der Waals surface area contributed by atoms with E-state index in [4.69, 9.17) is 16.6 Å². The Labute approximate surface area is 196 Å². The lowest BCUT2D eigenvalue weighted by Gasteiger charge is -2.11. The normalized spacial score (nSPS) is 12.2. The van der Waals surface area contributed by atoms with Crippen LogP contribution < -0.4 is 0 Å². The van der Waals surface area contributed by atoms with Gasteiger partial charge in [-0.25, -0.2) is 17.7 Å². The van der Waals surface area contributed by atoms with Crippen LogP contribution in [0.2, 0.25) is 5.02 Å². The first-order valence-corrected chi connectivity index (χ1v) is 12.8. The minimum Gasteiger partial charge on any atom is -0.327 e. The second-order valence-electron chi connectivity index (χ2n) is 7.37. The average Bonchev–Trinajstić information content (AvgIpc) is 3.36. The van der Waals surface area contributed by atoms with Crippen LogP contribution >= 0.6 is 23.4 Å². The Morgan fingerprint density at radius 1 is 1.16 bits per heavy atom. The largest absolute Gasteiger partial charge is 0.327 e. The topological polar surface area (TPSA) is 85.9 Å². The van der Waals surface area contributed by atoms with Crippen molar-refractivity contribution in [3.8, 4) is 5.69 Å². The Bertz CT molecular complexity index is 1360.